The van der Waals surface area contributed by atoms with Crippen LogP contribution in [0.4, 0.5) is 0 Å². The number of methoxy groups -OCH3 is 1. The summed E-state index contributed by atoms with van der Waals surface area (Å²) in [5.74, 6) is 0.651. The Morgan fingerprint density at radius 2 is 2.21 bits per heavy atom. The minimum absolute atomic E-state index is 0.466. The summed E-state index contributed by atoms with van der Waals surface area (Å²) >= 11 is 5.82. The van der Waals surface area contributed by atoms with Gasteiger partial charge < -0.3 is 9.84 Å². The molecule has 0 fully saturated rings. The van der Waals surface area contributed by atoms with Gasteiger partial charge in [0.25, 0.3) is 0 Å². The Bertz CT molecular complexity index is 299. The topological polar surface area (TPSA) is 29.5 Å². The lowest BCUT2D eigenvalue weighted by atomic mass is 10.0. The molecule has 0 aliphatic heterocycles. The lowest BCUT2D eigenvalue weighted by molar-refractivity contribution is 0.162. The molecule has 2 nitrogen and oxygen atoms in total. The van der Waals surface area contributed by atoms with Crippen LogP contribution in [-0.4, -0.2) is 12.2 Å². The molecule has 0 aliphatic rings. The van der Waals surface area contributed by atoms with E-state index in [1.165, 1.54) is 0 Å². The number of aliphatic hydroxyl groups is 1. The van der Waals surface area contributed by atoms with E-state index in [2.05, 4.69) is 0 Å². The second kappa shape index (κ2) is 5.23. The molecule has 1 N–H and O–H groups in total. The summed E-state index contributed by atoms with van der Waals surface area (Å²) in [6.07, 6.45) is 1.21. The summed E-state index contributed by atoms with van der Waals surface area (Å²) in [5.41, 5.74) is 0.804. The third-order valence-corrected chi connectivity index (χ3v) is 2.35. The van der Waals surface area contributed by atoms with E-state index < -0.39 is 6.10 Å². The van der Waals surface area contributed by atoms with Crippen molar-refractivity contribution in [2.75, 3.05) is 7.11 Å². The second-order valence-electron chi connectivity index (χ2n) is 3.19. The van der Waals surface area contributed by atoms with Crippen LogP contribution in [0.25, 0.3) is 0 Å². The Labute approximate surface area is 89.5 Å². The zero-order valence-corrected chi connectivity index (χ0v) is 9.21. The van der Waals surface area contributed by atoms with Crippen molar-refractivity contribution in [1.82, 2.24) is 0 Å². The molecule has 0 amide bonds. The number of hydrogen-bond acceptors (Lipinski definition) is 2. The van der Waals surface area contributed by atoms with Crippen molar-refractivity contribution < 1.29 is 9.84 Å². The van der Waals surface area contributed by atoms with Crippen LogP contribution in [0.1, 0.15) is 31.4 Å². The summed E-state index contributed by atoms with van der Waals surface area (Å²) in [4.78, 5) is 0. The minimum atomic E-state index is -0.466. The highest BCUT2D eigenvalue weighted by Gasteiger charge is 2.12. The summed E-state index contributed by atoms with van der Waals surface area (Å²) < 4.78 is 5.15. The molecule has 78 valence electrons. The van der Waals surface area contributed by atoms with Gasteiger partial charge in [-0.3, -0.25) is 0 Å². The van der Waals surface area contributed by atoms with Crippen molar-refractivity contribution in [3.63, 3.8) is 0 Å². The standard InChI is InChI=1S/C11H15ClO2/c1-3-4-10(13)9-6-5-8(12)7-11(9)14-2/h5-7,10,13H,3-4H2,1-2H3/t10-/m1/s1. The van der Waals surface area contributed by atoms with Crippen LogP contribution in [0.5, 0.6) is 5.75 Å². The molecule has 3 heteroatoms. The monoisotopic (exact) mass is 214 g/mol. The van der Waals surface area contributed by atoms with Crippen LogP contribution in [0.15, 0.2) is 18.2 Å². The van der Waals surface area contributed by atoms with E-state index in [0.29, 0.717) is 10.8 Å². The fraction of sp³-hybridized carbons (Fsp3) is 0.455. The third kappa shape index (κ3) is 2.63. The van der Waals surface area contributed by atoms with Gasteiger partial charge in [-0.05, 0) is 18.6 Å². The van der Waals surface area contributed by atoms with Crippen molar-refractivity contribution in [1.29, 1.82) is 0 Å². The molecule has 0 spiro atoms. The van der Waals surface area contributed by atoms with E-state index in [1.54, 1.807) is 19.2 Å². The summed E-state index contributed by atoms with van der Waals surface area (Å²) in [6, 6.07) is 5.29. The van der Waals surface area contributed by atoms with Crippen LogP contribution < -0.4 is 4.74 Å². The molecule has 0 saturated carbocycles. The van der Waals surface area contributed by atoms with Gasteiger partial charge in [0.15, 0.2) is 0 Å². The Morgan fingerprint density at radius 1 is 1.50 bits per heavy atom. The first-order valence-corrected chi connectivity index (χ1v) is 5.08. The number of benzene rings is 1. The zero-order valence-electron chi connectivity index (χ0n) is 8.46. The highest BCUT2D eigenvalue weighted by Crippen LogP contribution is 2.30. The predicted molar refractivity (Wildman–Crippen MR) is 57.9 cm³/mol. The van der Waals surface area contributed by atoms with Crippen LogP contribution in [0.3, 0.4) is 0 Å². The molecule has 0 unspecified atom stereocenters. The number of aliphatic hydroxyl groups excluding tert-OH is 1. The van der Waals surface area contributed by atoms with E-state index in [9.17, 15) is 5.11 Å². The molecule has 14 heavy (non-hydrogen) atoms. The van der Waals surface area contributed by atoms with E-state index in [0.717, 1.165) is 18.4 Å². The molecule has 0 bridgehead atoms. The molecule has 0 saturated heterocycles. The summed E-state index contributed by atoms with van der Waals surface area (Å²) in [7, 11) is 1.58. The normalized spacial score (nSPS) is 12.6. The van der Waals surface area contributed by atoms with Gasteiger partial charge in [-0.2, -0.15) is 0 Å². The van der Waals surface area contributed by atoms with Crippen molar-refractivity contribution in [3.05, 3.63) is 28.8 Å². The average Bonchev–Trinajstić information content (AvgIpc) is 2.17. The van der Waals surface area contributed by atoms with E-state index >= 15 is 0 Å². The van der Waals surface area contributed by atoms with Crippen molar-refractivity contribution in [2.24, 2.45) is 0 Å². The summed E-state index contributed by atoms with van der Waals surface area (Å²) in [5, 5.41) is 10.4. The number of ether oxygens (including phenoxy) is 1. The predicted octanol–water partition coefficient (Wildman–Crippen LogP) is 3.18. The first kappa shape index (κ1) is 11.3. The highest BCUT2D eigenvalue weighted by molar-refractivity contribution is 6.30. The highest BCUT2D eigenvalue weighted by atomic mass is 35.5. The maximum absolute atomic E-state index is 9.80. The Balaban J connectivity index is 2.95. The van der Waals surface area contributed by atoms with E-state index in [1.807, 2.05) is 13.0 Å². The molecule has 1 aromatic carbocycles. The van der Waals surface area contributed by atoms with Gasteiger partial charge in [-0.1, -0.05) is 31.0 Å². The van der Waals surface area contributed by atoms with Crippen LogP contribution in [0, 0.1) is 0 Å². The van der Waals surface area contributed by atoms with Gasteiger partial charge in [0, 0.05) is 10.6 Å². The van der Waals surface area contributed by atoms with Crippen LogP contribution in [0.2, 0.25) is 5.02 Å². The fourth-order valence-corrected chi connectivity index (χ4v) is 1.55. The van der Waals surface area contributed by atoms with Gasteiger partial charge in [0.05, 0.1) is 13.2 Å². The first-order valence-electron chi connectivity index (χ1n) is 4.70. The smallest absolute Gasteiger partial charge is 0.126 e. The number of hydrogen-bond donors (Lipinski definition) is 1. The van der Waals surface area contributed by atoms with Gasteiger partial charge in [0.2, 0.25) is 0 Å². The Kier molecular flexibility index (Phi) is 4.23. The molecule has 1 aromatic rings. The van der Waals surface area contributed by atoms with Gasteiger partial charge >= 0.3 is 0 Å². The van der Waals surface area contributed by atoms with Gasteiger partial charge in [0.1, 0.15) is 5.75 Å². The molecule has 0 heterocycles. The lowest BCUT2D eigenvalue weighted by Crippen LogP contribution is -1.99. The number of halogens is 1. The fourth-order valence-electron chi connectivity index (χ4n) is 1.39. The largest absolute Gasteiger partial charge is 0.496 e. The zero-order chi connectivity index (χ0) is 10.6. The van der Waals surface area contributed by atoms with Crippen molar-refractivity contribution >= 4 is 11.6 Å². The molecular weight excluding hydrogens is 200 g/mol. The molecule has 0 radical (unpaired) electrons. The third-order valence-electron chi connectivity index (χ3n) is 2.12. The van der Waals surface area contributed by atoms with E-state index in [-0.39, 0.29) is 0 Å². The SMILES string of the molecule is CCC[C@@H](O)c1ccc(Cl)cc1OC. The van der Waals surface area contributed by atoms with Crippen molar-refractivity contribution in [2.45, 2.75) is 25.9 Å². The lowest BCUT2D eigenvalue weighted by Gasteiger charge is -2.14. The van der Waals surface area contributed by atoms with E-state index in [4.69, 9.17) is 16.3 Å². The Morgan fingerprint density at radius 3 is 2.79 bits per heavy atom. The molecular formula is C11H15ClO2. The maximum atomic E-state index is 9.80. The molecule has 1 atom stereocenters. The molecule has 0 aliphatic carbocycles. The number of rotatable bonds is 4. The van der Waals surface area contributed by atoms with Crippen molar-refractivity contribution in [3.8, 4) is 5.75 Å². The minimum Gasteiger partial charge on any atom is -0.496 e. The molecule has 0 aromatic heterocycles. The maximum Gasteiger partial charge on any atom is 0.126 e. The summed E-state index contributed by atoms with van der Waals surface area (Å²) in [6.45, 7) is 2.03. The quantitative estimate of drug-likeness (QED) is 0.834. The molecule has 1 rings (SSSR count). The van der Waals surface area contributed by atoms with Gasteiger partial charge in [-0.25, -0.2) is 0 Å². The second-order valence-corrected chi connectivity index (χ2v) is 3.63. The average molecular weight is 215 g/mol. The van der Waals surface area contributed by atoms with Crippen LogP contribution >= 0.6 is 11.6 Å². The first-order chi connectivity index (χ1) is 6.69. The Hall–Kier alpha value is -0.730. The van der Waals surface area contributed by atoms with Crippen LogP contribution in [-0.2, 0) is 0 Å². The van der Waals surface area contributed by atoms with Gasteiger partial charge in [-0.15, -0.1) is 0 Å².